The highest BCUT2D eigenvalue weighted by Crippen LogP contribution is 2.40. The van der Waals surface area contributed by atoms with E-state index in [4.69, 9.17) is 14.6 Å². The quantitative estimate of drug-likeness (QED) is 0.930. The predicted molar refractivity (Wildman–Crippen MR) is 74.3 cm³/mol. The van der Waals surface area contributed by atoms with Gasteiger partial charge in [0.05, 0.1) is 12.2 Å². The summed E-state index contributed by atoms with van der Waals surface area (Å²) in [5.41, 5.74) is -0.0818. The Bertz CT molecular complexity index is 465. The molecule has 104 valence electrons. The van der Waals surface area contributed by atoms with Crippen LogP contribution in [0.3, 0.4) is 0 Å². The lowest BCUT2D eigenvalue weighted by Gasteiger charge is -2.36. The molecule has 19 heavy (non-hydrogen) atoms. The monoisotopic (exact) mass is 300 g/mol. The number of hydrogen-bond donors (Lipinski definition) is 1. The molecule has 2 unspecified atom stereocenters. The van der Waals surface area contributed by atoms with E-state index in [0.29, 0.717) is 16.7 Å². The topological polar surface area (TPSA) is 55.8 Å². The van der Waals surface area contributed by atoms with Crippen molar-refractivity contribution in [1.29, 1.82) is 0 Å². The molecule has 2 fully saturated rings. The van der Waals surface area contributed by atoms with E-state index in [1.165, 1.54) is 11.3 Å². The molecule has 0 bridgehead atoms. The molecule has 1 aromatic rings. The lowest BCUT2D eigenvalue weighted by Crippen LogP contribution is -2.41. The summed E-state index contributed by atoms with van der Waals surface area (Å²) in [6.45, 7) is 2.27. The lowest BCUT2D eigenvalue weighted by molar-refractivity contribution is -0.0769. The molecule has 0 radical (unpaired) electrons. The van der Waals surface area contributed by atoms with Gasteiger partial charge in [-0.25, -0.2) is 4.79 Å². The summed E-state index contributed by atoms with van der Waals surface area (Å²) < 4.78 is 11.4. The number of carboxylic acid groups (broad SMARTS) is 1. The van der Waals surface area contributed by atoms with Gasteiger partial charge in [0, 0.05) is 35.2 Å². The van der Waals surface area contributed by atoms with Crippen molar-refractivity contribution in [2.45, 2.75) is 35.0 Å². The Balaban J connectivity index is 1.64. The molecule has 1 N–H and O–H groups in total. The third-order valence-corrected chi connectivity index (χ3v) is 5.91. The van der Waals surface area contributed by atoms with Crippen LogP contribution in [0.5, 0.6) is 0 Å². The third-order valence-electron chi connectivity index (χ3n) is 3.60. The summed E-state index contributed by atoms with van der Waals surface area (Å²) in [6, 6.07) is 1.77. The Hall–Kier alpha value is -0.560. The summed E-state index contributed by atoms with van der Waals surface area (Å²) in [4.78, 5) is 12.3. The SMILES string of the molecule is O=C(O)c1cc(SC2CCOC3(CCOC3)C2)cs1. The van der Waals surface area contributed by atoms with E-state index in [9.17, 15) is 4.79 Å². The zero-order chi connectivity index (χ0) is 13.3. The lowest BCUT2D eigenvalue weighted by atomic mass is 9.93. The summed E-state index contributed by atoms with van der Waals surface area (Å²) >= 11 is 3.07. The van der Waals surface area contributed by atoms with Gasteiger partial charge < -0.3 is 14.6 Å². The second kappa shape index (κ2) is 5.44. The van der Waals surface area contributed by atoms with Crippen molar-refractivity contribution >= 4 is 29.1 Å². The van der Waals surface area contributed by atoms with Gasteiger partial charge in [0.15, 0.2) is 0 Å². The Kier molecular flexibility index (Phi) is 3.84. The number of rotatable bonds is 3. The highest BCUT2D eigenvalue weighted by Gasteiger charge is 2.41. The van der Waals surface area contributed by atoms with Crippen molar-refractivity contribution in [2.75, 3.05) is 19.8 Å². The van der Waals surface area contributed by atoms with Gasteiger partial charge in [-0.15, -0.1) is 23.1 Å². The molecule has 1 spiro atoms. The van der Waals surface area contributed by atoms with Gasteiger partial charge in [-0.3, -0.25) is 0 Å². The maximum absolute atomic E-state index is 10.9. The standard InChI is InChI=1S/C13H16O4S2/c14-12(15)11-5-10(7-18-11)19-9-1-3-17-13(6-9)2-4-16-8-13/h5,7,9H,1-4,6,8H2,(H,14,15). The fourth-order valence-electron chi connectivity index (χ4n) is 2.63. The van der Waals surface area contributed by atoms with Crippen molar-refractivity contribution in [3.8, 4) is 0 Å². The molecule has 2 aliphatic rings. The minimum absolute atomic E-state index is 0.0818. The van der Waals surface area contributed by atoms with Gasteiger partial charge in [-0.2, -0.15) is 0 Å². The van der Waals surface area contributed by atoms with Crippen LogP contribution in [0.4, 0.5) is 0 Å². The van der Waals surface area contributed by atoms with Gasteiger partial charge in [0.1, 0.15) is 4.88 Å². The number of thioether (sulfide) groups is 1. The summed E-state index contributed by atoms with van der Waals surface area (Å²) in [5.74, 6) is -0.843. The van der Waals surface area contributed by atoms with Crippen molar-refractivity contribution in [2.24, 2.45) is 0 Å². The second-order valence-corrected chi connectivity index (χ2v) is 7.30. The predicted octanol–water partition coefficient (Wildman–Crippen LogP) is 2.88. The molecular weight excluding hydrogens is 284 g/mol. The molecule has 0 aromatic carbocycles. The Morgan fingerprint density at radius 2 is 2.42 bits per heavy atom. The van der Waals surface area contributed by atoms with Crippen LogP contribution in [0.2, 0.25) is 0 Å². The normalized spacial score (nSPS) is 30.8. The van der Waals surface area contributed by atoms with Crippen molar-refractivity contribution in [1.82, 2.24) is 0 Å². The Morgan fingerprint density at radius 3 is 3.11 bits per heavy atom. The number of carbonyl (C=O) groups is 1. The van der Waals surface area contributed by atoms with Crippen LogP contribution in [0.15, 0.2) is 16.3 Å². The zero-order valence-electron chi connectivity index (χ0n) is 10.5. The highest BCUT2D eigenvalue weighted by atomic mass is 32.2. The summed E-state index contributed by atoms with van der Waals surface area (Å²) in [5, 5.41) is 11.4. The first-order chi connectivity index (χ1) is 9.17. The van der Waals surface area contributed by atoms with Gasteiger partial charge in [-0.05, 0) is 18.9 Å². The van der Waals surface area contributed by atoms with E-state index in [1.54, 1.807) is 17.8 Å². The van der Waals surface area contributed by atoms with Gasteiger partial charge in [0.2, 0.25) is 0 Å². The van der Waals surface area contributed by atoms with Gasteiger partial charge in [-0.1, -0.05) is 0 Å². The van der Waals surface area contributed by atoms with Crippen LogP contribution in [-0.2, 0) is 9.47 Å². The van der Waals surface area contributed by atoms with Crippen LogP contribution < -0.4 is 0 Å². The number of ether oxygens (including phenoxy) is 2. The van der Waals surface area contributed by atoms with E-state index in [1.807, 2.05) is 5.38 Å². The second-order valence-electron chi connectivity index (χ2n) is 5.02. The van der Waals surface area contributed by atoms with Crippen molar-refractivity contribution in [3.63, 3.8) is 0 Å². The fourth-order valence-corrected chi connectivity index (χ4v) is 4.85. The van der Waals surface area contributed by atoms with Crippen molar-refractivity contribution in [3.05, 3.63) is 16.3 Å². The Labute approximate surface area is 120 Å². The number of thiophene rings is 1. The van der Waals surface area contributed by atoms with Crippen LogP contribution in [-0.4, -0.2) is 41.7 Å². The first-order valence-corrected chi connectivity index (χ1v) is 8.13. The summed E-state index contributed by atoms with van der Waals surface area (Å²) in [7, 11) is 0. The molecule has 2 atom stereocenters. The Morgan fingerprint density at radius 1 is 1.53 bits per heavy atom. The van der Waals surface area contributed by atoms with Crippen LogP contribution in [0.25, 0.3) is 0 Å². The summed E-state index contributed by atoms with van der Waals surface area (Å²) in [6.07, 6.45) is 2.99. The molecule has 3 heterocycles. The molecule has 2 saturated heterocycles. The third kappa shape index (κ3) is 2.97. The van der Waals surface area contributed by atoms with E-state index >= 15 is 0 Å². The zero-order valence-corrected chi connectivity index (χ0v) is 12.1. The van der Waals surface area contributed by atoms with Crippen LogP contribution in [0, 0.1) is 0 Å². The van der Waals surface area contributed by atoms with Gasteiger partial charge >= 0.3 is 5.97 Å². The minimum atomic E-state index is -0.843. The smallest absolute Gasteiger partial charge is 0.345 e. The largest absolute Gasteiger partial charge is 0.477 e. The average molecular weight is 300 g/mol. The number of hydrogen-bond acceptors (Lipinski definition) is 5. The number of carboxylic acids is 1. The molecule has 2 aliphatic heterocycles. The maximum atomic E-state index is 10.9. The molecule has 0 aliphatic carbocycles. The van der Waals surface area contributed by atoms with E-state index < -0.39 is 5.97 Å². The minimum Gasteiger partial charge on any atom is -0.477 e. The average Bonchev–Trinajstić information content (AvgIpc) is 3.00. The molecular formula is C13H16O4S2. The maximum Gasteiger partial charge on any atom is 0.345 e. The first-order valence-electron chi connectivity index (χ1n) is 6.37. The highest BCUT2D eigenvalue weighted by molar-refractivity contribution is 8.00. The van der Waals surface area contributed by atoms with Crippen LogP contribution in [0.1, 0.15) is 28.9 Å². The molecule has 0 saturated carbocycles. The fraction of sp³-hybridized carbons (Fsp3) is 0.615. The van der Waals surface area contributed by atoms with Gasteiger partial charge in [0.25, 0.3) is 0 Å². The van der Waals surface area contributed by atoms with Crippen LogP contribution >= 0.6 is 23.1 Å². The molecule has 1 aromatic heterocycles. The van der Waals surface area contributed by atoms with E-state index in [-0.39, 0.29) is 5.60 Å². The van der Waals surface area contributed by atoms with E-state index in [2.05, 4.69) is 0 Å². The molecule has 3 rings (SSSR count). The molecule has 0 amide bonds. The van der Waals surface area contributed by atoms with Crippen molar-refractivity contribution < 1.29 is 19.4 Å². The molecule has 6 heteroatoms. The first kappa shape index (κ1) is 13.4. The number of aromatic carboxylic acids is 1. The molecule has 4 nitrogen and oxygen atoms in total. The van der Waals surface area contributed by atoms with E-state index in [0.717, 1.165) is 37.4 Å².